The maximum absolute atomic E-state index is 11.2. The quantitative estimate of drug-likeness (QED) is 0.296. The van der Waals surface area contributed by atoms with E-state index in [1.165, 1.54) is 0 Å². The van der Waals surface area contributed by atoms with Crippen LogP contribution in [0.5, 0.6) is 0 Å². The number of nitrogens with two attached hydrogens (primary N) is 2. The zero-order valence-electron chi connectivity index (χ0n) is 9.98. The molecule has 0 aliphatic rings. The van der Waals surface area contributed by atoms with E-state index in [2.05, 4.69) is 15.3 Å². The van der Waals surface area contributed by atoms with Gasteiger partial charge in [-0.1, -0.05) is 5.21 Å². The molecule has 0 unspecified atom stereocenters. The van der Waals surface area contributed by atoms with Crippen LogP contribution < -0.4 is 17.0 Å². The summed E-state index contributed by atoms with van der Waals surface area (Å²) in [5, 5.41) is 8.41. The van der Waals surface area contributed by atoms with Crippen LogP contribution in [-0.2, 0) is 6.54 Å². The molecular weight excluding hydrogens is 266 g/mol. The van der Waals surface area contributed by atoms with Gasteiger partial charge in [-0.15, -0.1) is 16.9 Å². The van der Waals surface area contributed by atoms with Gasteiger partial charge in [0.25, 0.3) is 5.91 Å². The summed E-state index contributed by atoms with van der Waals surface area (Å²) in [5.74, 6) is 5.30. The van der Waals surface area contributed by atoms with Gasteiger partial charge in [0, 0.05) is 5.75 Å². The zero-order valence-corrected chi connectivity index (χ0v) is 10.8. The second kappa shape index (κ2) is 6.16. The molecule has 2 heterocycles. The van der Waals surface area contributed by atoms with Crippen molar-refractivity contribution in [3.05, 3.63) is 30.2 Å². The molecule has 0 radical (unpaired) electrons. The number of hydrazine groups is 1. The molecule has 0 aromatic carbocycles. The van der Waals surface area contributed by atoms with Crippen molar-refractivity contribution in [2.24, 2.45) is 5.84 Å². The van der Waals surface area contributed by atoms with Crippen molar-refractivity contribution in [2.45, 2.75) is 11.6 Å². The van der Waals surface area contributed by atoms with E-state index in [0.29, 0.717) is 12.2 Å². The van der Waals surface area contributed by atoms with Gasteiger partial charge in [0.1, 0.15) is 0 Å². The molecule has 0 bridgehead atoms. The highest BCUT2D eigenvalue weighted by Gasteiger charge is 2.08. The number of hydrogen-bond donors (Lipinski definition) is 3. The van der Waals surface area contributed by atoms with Crippen molar-refractivity contribution in [1.82, 2.24) is 25.4 Å². The van der Waals surface area contributed by atoms with Crippen LogP contribution in [0.3, 0.4) is 0 Å². The smallest absolute Gasteiger partial charge is 0.287 e. The normalized spacial score (nSPS) is 10.4. The number of pyridine rings is 1. The van der Waals surface area contributed by atoms with Crippen LogP contribution in [0.4, 0.5) is 5.69 Å². The Bertz CT molecular complexity index is 553. The Morgan fingerprint density at radius 2 is 2.32 bits per heavy atom. The molecule has 19 heavy (non-hydrogen) atoms. The minimum Gasteiger partial charge on any atom is -0.397 e. The molecule has 0 fully saturated rings. The second-order valence-corrected chi connectivity index (χ2v) is 4.73. The lowest BCUT2D eigenvalue weighted by molar-refractivity contribution is 0.0948. The Balaban J connectivity index is 1.84. The molecule has 0 saturated carbocycles. The summed E-state index contributed by atoms with van der Waals surface area (Å²) in [5.41, 5.74) is 8.38. The number of carbonyl (C=O) groups is 1. The van der Waals surface area contributed by atoms with Crippen LogP contribution in [0.2, 0.25) is 0 Å². The van der Waals surface area contributed by atoms with E-state index in [-0.39, 0.29) is 5.69 Å². The number of amides is 1. The number of nitrogens with one attached hydrogen (secondary N) is 1. The molecule has 0 saturated heterocycles. The van der Waals surface area contributed by atoms with Gasteiger partial charge in [0.2, 0.25) is 0 Å². The first kappa shape index (κ1) is 13.3. The van der Waals surface area contributed by atoms with Crippen LogP contribution in [-0.4, -0.2) is 31.6 Å². The molecular formula is C10H13N7OS. The van der Waals surface area contributed by atoms with Gasteiger partial charge < -0.3 is 5.73 Å². The van der Waals surface area contributed by atoms with E-state index in [1.807, 2.05) is 11.5 Å². The van der Waals surface area contributed by atoms with E-state index in [0.717, 1.165) is 10.8 Å². The Kier molecular flexibility index (Phi) is 4.31. The van der Waals surface area contributed by atoms with E-state index in [1.54, 1.807) is 34.9 Å². The number of aromatic nitrogens is 4. The zero-order chi connectivity index (χ0) is 13.7. The Labute approximate surface area is 113 Å². The van der Waals surface area contributed by atoms with Crippen molar-refractivity contribution in [3.8, 4) is 0 Å². The van der Waals surface area contributed by atoms with E-state index in [9.17, 15) is 4.79 Å². The lowest BCUT2D eigenvalue weighted by Gasteiger charge is -2.01. The Morgan fingerprint density at radius 1 is 1.47 bits per heavy atom. The van der Waals surface area contributed by atoms with Crippen LogP contribution in [0, 0.1) is 0 Å². The van der Waals surface area contributed by atoms with Crippen LogP contribution >= 0.6 is 11.8 Å². The fourth-order valence-electron chi connectivity index (χ4n) is 1.31. The predicted octanol–water partition coefficient (Wildman–Crippen LogP) is -0.349. The highest BCUT2D eigenvalue weighted by molar-refractivity contribution is 7.99. The number of rotatable bonds is 5. The van der Waals surface area contributed by atoms with Crippen molar-refractivity contribution in [2.75, 3.05) is 11.5 Å². The number of hydrogen-bond acceptors (Lipinski definition) is 7. The highest BCUT2D eigenvalue weighted by Crippen LogP contribution is 2.15. The van der Waals surface area contributed by atoms with Crippen LogP contribution in [0.1, 0.15) is 10.5 Å². The topological polar surface area (TPSA) is 125 Å². The third kappa shape index (κ3) is 3.66. The van der Waals surface area contributed by atoms with Gasteiger partial charge in [-0.25, -0.2) is 10.8 Å². The first-order valence-electron chi connectivity index (χ1n) is 5.44. The summed E-state index contributed by atoms with van der Waals surface area (Å²) in [6.07, 6.45) is 3.15. The predicted molar refractivity (Wildman–Crippen MR) is 71.0 cm³/mol. The SMILES string of the molecule is NNC(=O)c1cn(CCSc2ccc(N)cn2)nn1. The van der Waals surface area contributed by atoms with Gasteiger partial charge in [0.15, 0.2) is 5.69 Å². The lowest BCUT2D eigenvalue weighted by Crippen LogP contribution is -2.30. The number of nitrogens with zero attached hydrogens (tertiary/aromatic N) is 4. The first-order valence-corrected chi connectivity index (χ1v) is 6.43. The molecule has 1 amide bonds. The number of thioether (sulfide) groups is 1. The Morgan fingerprint density at radius 3 is 3.00 bits per heavy atom. The van der Waals surface area contributed by atoms with Gasteiger partial charge in [-0.3, -0.25) is 14.9 Å². The van der Waals surface area contributed by atoms with E-state index in [4.69, 9.17) is 11.6 Å². The molecule has 0 aliphatic heterocycles. The summed E-state index contributed by atoms with van der Waals surface area (Å²) in [7, 11) is 0. The third-order valence-electron chi connectivity index (χ3n) is 2.23. The van der Waals surface area contributed by atoms with Gasteiger partial charge in [-0.05, 0) is 12.1 Å². The lowest BCUT2D eigenvalue weighted by atomic mass is 10.4. The number of aryl methyl sites for hydroxylation is 1. The average Bonchev–Trinajstić information content (AvgIpc) is 2.89. The summed E-state index contributed by atoms with van der Waals surface area (Å²) in [4.78, 5) is 15.3. The molecule has 9 heteroatoms. The molecule has 2 aromatic rings. The molecule has 0 atom stereocenters. The fourth-order valence-corrected chi connectivity index (χ4v) is 2.09. The molecule has 2 rings (SSSR count). The molecule has 5 N–H and O–H groups in total. The molecule has 0 aliphatic carbocycles. The minimum absolute atomic E-state index is 0.193. The summed E-state index contributed by atoms with van der Waals surface area (Å²) in [6, 6.07) is 3.66. The Hall–Kier alpha value is -2.13. The summed E-state index contributed by atoms with van der Waals surface area (Å²) >= 11 is 1.57. The monoisotopic (exact) mass is 279 g/mol. The standard InChI is InChI=1S/C10H13N7OS/c11-7-1-2-9(13-5-7)19-4-3-17-6-8(15-16-17)10(18)14-12/h1-2,5-6H,3-4,11-12H2,(H,14,18). The third-order valence-corrected chi connectivity index (χ3v) is 3.16. The molecule has 100 valence electrons. The van der Waals surface area contributed by atoms with Gasteiger partial charge in [-0.2, -0.15) is 0 Å². The van der Waals surface area contributed by atoms with Crippen molar-refractivity contribution in [3.63, 3.8) is 0 Å². The van der Waals surface area contributed by atoms with Gasteiger partial charge in [0.05, 0.1) is 29.7 Å². The van der Waals surface area contributed by atoms with Crippen molar-refractivity contribution < 1.29 is 4.79 Å². The summed E-state index contributed by atoms with van der Waals surface area (Å²) < 4.78 is 1.58. The number of nitrogen functional groups attached to an aromatic ring is 2. The first-order chi connectivity index (χ1) is 9.19. The highest BCUT2D eigenvalue weighted by atomic mass is 32.2. The summed E-state index contributed by atoms with van der Waals surface area (Å²) in [6.45, 7) is 0.613. The molecule has 8 nitrogen and oxygen atoms in total. The fraction of sp³-hybridized carbons (Fsp3) is 0.200. The van der Waals surface area contributed by atoms with Crippen LogP contribution in [0.25, 0.3) is 0 Å². The minimum atomic E-state index is -0.459. The van der Waals surface area contributed by atoms with Crippen LogP contribution in [0.15, 0.2) is 29.6 Å². The van der Waals surface area contributed by atoms with Crippen molar-refractivity contribution in [1.29, 1.82) is 0 Å². The molecule has 0 spiro atoms. The number of anilines is 1. The molecule has 2 aromatic heterocycles. The van der Waals surface area contributed by atoms with E-state index >= 15 is 0 Å². The van der Waals surface area contributed by atoms with Gasteiger partial charge >= 0.3 is 0 Å². The number of carbonyl (C=O) groups excluding carboxylic acids is 1. The second-order valence-electron chi connectivity index (χ2n) is 3.62. The van der Waals surface area contributed by atoms with E-state index < -0.39 is 5.91 Å². The maximum atomic E-state index is 11.2. The maximum Gasteiger partial charge on any atom is 0.287 e. The largest absolute Gasteiger partial charge is 0.397 e. The van der Waals surface area contributed by atoms with Crippen molar-refractivity contribution >= 4 is 23.4 Å². The average molecular weight is 279 g/mol.